The van der Waals surface area contributed by atoms with Crippen molar-refractivity contribution in [2.24, 2.45) is 5.41 Å². The summed E-state index contributed by atoms with van der Waals surface area (Å²) in [6, 6.07) is 7.49. The molecule has 0 saturated heterocycles. The van der Waals surface area contributed by atoms with Gasteiger partial charge in [-0.3, -0.25) is 9.59 Å². The second-order valence-corrected chi connectivity index (χ2v) is 5.79. The SMILES string of the molecule is CCC(CC)(CNC(=O)Cc1ccc(Br)cc1)C(=O)O. The number of benzene rings is 1. The second kappa shape index (κ2) is 7.43. The zero-order valence-corrected chi connectivity index (χ0v) is 13.4. The average molecular weight is 342 g/mol. The van der Waals surface area contributed by atoms with Crippen LogP contribution in [0.3, 0.4) is 0 Å². The fourth-order valence-corrected chi connectivity index (χ4v) is 2.26. The van der Waals surface area contributed by atoms with Crippen molar-refractivity contribution in [2.75, 3.05) is 6.54 Å². The molecule has 1 aromatic rings. The minimum absolute atomic E-state index is 0.153. The molecular weight excluding hydrogens is 322 g/mol. The van der Waals surface area contributed by atoms with Crippen LogP contribution in [0.15, 0.2) is 28.7 Å². The van der Waals surface area contributed by atoms with Crippen molar-refractivity contribution < 1.29 is 14.7 Å². The molecule has 0 spiro atoms. The fourth-order valence-electron chi connectivity index (χ4n) is 2.00. The van der Waals surface area contributed by atoms with E-state index in [1.807, 2.05) is 38.1 Å². The van der Waals surface area contributed by atoms with Crippen molar-refractivity contribution in [3.8, 4) is 0 Å². The molecular formula is C15H20BrNO3. The highest BCUT2D eigenvalue weighted by Gasteiger charge is 2.34. The molecule has 110 valence electrons. The minimum atomic E-state index is -0.866. The van der Waals surface area contributed by atoms with E-state index in [2.05, 4.69) is 21.2 Å². The van der Waals surface area contributed by atoms with Crippen LogP contribution >= 0.6 is 15.9 Å². The van der Waals surface area contributed by atoms with Crippen LogP contribution in [0.25, 0.3) is 0 Å². The van der Waals surface area contributed by atoms with E-state index >= 15 is 0 Å². The number of aliphatic carboxylic acids is 1. The van der Waals surface area contributed by atoms with Gasteiger partial charge < -0.3 is 10.4 Å². The highest BCUT2D eigenvalue weighted by Crippen LogP contribution is 2.25. The average Bonchev–Trinajstić information content (AvgIpc) is 2.43. The fraction of sp³-hybridized carbons (Fsp3) is 0.467. The molecule has 2 N–H and O–H groups in total. The minimum Gasteiger partial charge on any atom is -0.481 e. The lowest BCUT2D eigenvalue weighted by Gasteiger charge is -2.26. The topological polar surface area (TPSA) is 66.4 Å². The van der Waals surface area contributed by atoms with E-state index in [0.29, 0.717) is 12.8 Å². The van der Waals surface area contributed by atoms with E-state index in [1.54, 1.807) is 0 Å². The lowest BCUT2D eigenvalue weighted by Crippen LogP contribution is -2.42. The Hall–Kier alpha value is -1.36. The van der Waals surface area contributed by atoms with Gasteiger partial charge in [0.15, 0.2) is 0 Å². The molecule has 0 heterocycles. The number of amides is 1. The molecule has 1 rings (SSSR count). The van der Waals surface area contributed by atoms with Crippen LogP contribution in [0, 0.1) is 5.41 Å². The van der Waals surface area contributed by atoms with Gasteiger partial charge in [-0.05, 0) is 30.5 Å². The first-order valence-corrected chi connectivity index (χ1v) is 7.47. The first-order valence-electron chi connectivity index (χ1n) is 6.68. The molecule has 1 aromatic carbocycles. The molecule has 0 fully saturated rings. The predicted molar refractivity (Wildman–Crippen MR) is 81.5 cm³/mol. The number of carbonyl (C=O) groups is 2. The molecule has 20 heavy (non-hydrogen) atoms. The quantitative estimate of drug-likeness (QED) is 0.801. The zero-order chi connectivity index (χ0) is 15.2. The Morgan fingerprint density at radius 3 is 2.20 bits per heavy atom. The maximum atomic E-state index is 11.9. The van der Waals surface area contributed by atoms with Crippen molar-refractivity contribution in [1.29, 1.82) is 0 Å². The number of hydrogen-bond donors (Lipinski definition) is 2. The van der Waals surface area contributed by atoms with Gasteiger partial charge in [0, 0.05) is 11.0 Å². The van der Waals surface area contributed by atoms with E-state index in [-0.39, 0.29) is 18.9 Å². The Morgan fingerprint density at radius 1 is 1.20 bits per heavy atom. The van der Waals surface area contributed by atoms with E-state index < -0.39 is 11.4 Å². The molecule has 0 aromatic heterocycles. The van der Waals surface area contributed by atoms with Gasteiger partial charge in [-0.15, -0.1) is 0 Å². The third-order valence-corrected chi connectivity index (χ3v) is 4.24. The monoisotopic (exact) mass is 341 g/mol. The maximum Gasteiger partial charge on any atom is 0.311 e. The molecule has 4 nitrogen and oxygen atoms in total. The Bertz CT molecular complexity index is 467. The summed E-state index contributed by atoms with van der Waals surface area (Å²) in [6.45, 7) is 3.84. The van der Waals surface area contributed by atoms with Crippen LogP contribution in [0.1, 0.15) is 32.3 Å². The summed E-state index contributed by atoms with van der Waals surface area (Å²) in [4.78, 5) is 23.2. The summed E-state index contributed by atoms with van der Waals surface area (Å²) in [5.41, 5.74) is 0.0367. The van der Waals surface area contributed by atoms with Crippen LogP contribution in [0.5, 0.6) is 0 Å². The number of rotatable bonds is 7. The summed E-state index contributed by atoms with van der Waals surface area (Å²) in [6.07, 6.45) is 1.26. The van der Waals surface area contributed by atoms with Gasteiger partial charge in [0.1, 0.15) is 0 Å². The van der Waals surface area contributed by atoms with E-state index in [0.717, 1.165) is 10.0 Å². The van der Waals surface area contributed by atoms with Crippen LogP contribution in [-0.2, 0) is 16.0 Å². The standard InChI is InChI=1S/C15H20BrNO3/c1-3-15(4-2,14(19)20)10-17-13(18)9-11-5-7-12(16)8-6-11/h5-8H,3-4,9-10H2,1-2H3,(H,17,18)(H,19,20). The normalized spacial score (nSPS) is 11.2. The lowest BCUT2D eigenvalue weighted by molar-refractivity contribution is -0.149. The first kappa shape index (κ1) is 16.7. The molecule has 5 heteroatoms. The molecule has 0 radical (unpaired) electrons. The zero-order valence-electron chi connectivity index (χ0n) is 11.8. The summed E-state index contributed by atoms with van der Waals surface area (Å²) >= 11 is 3.34. The van der Waals surface area contributed by atoms with Gasteiger partial charge >= 0.3 is 5.97 Å². The maximum absolute atomic E-state index is 11.9. The highest BCUT2D eigenvalue weighted by molar-refractivity contribution is 9.10. The van der Waals surface area contributed by atoms with E-state index in [4.69, 9.17) is 0 Å². The Labute approximate surface area is 127 Å². The summed E-state index contributed by atoms with van der Waals surface area (Å²) in [7, 11) is 0. The lowest BCUT2D eigenvalue weighted by atomic mass is 9.82. The molecule has 1 amide bonds. The van der Waals surface area contributed by atoms with Gasteiger partial charge in [-0.25, -0.2) is 0 Å². The summed E-state index contributed by atoms with van der Waals surface area (Å²) in [5, 5.41) is 12.0. The van der Waals surface area contributed by atoms with Crippen LogP contribution in [0.2, 0.25) is 0 Å². The molecule has 0 atom stereocenters. The van der Waals surface area contributed by atoms with Crippen molar-refractivity contribution in [3.63, 3.8) is 0 Å². The number of nitrogens with one attached hydrogen (secondary N) is 1. The number of hydrogen-bond acceptors (Lipinski definition) is 2. The van der Waals surface area contributed by atoms with Gasteiger partial charge in [-0.2, -0.15) is 0 Å². The largest absolute Gasteiger partial charge is 0.481 e. The molecule has 0 aliphatic carbocycles. The number of carbonyl (C=O) groups excluding carboxylic acids is 1. The van der Waals surface area contributed by atoms with Gasteiger partial charge in [0.05, 0.1) is 11.8 Å². The van der Waals surface area contributed by atoms with Crippen LogP contribution in [0.4, 0.5) is 0 Å². The van der Waals surface area contributed by atoms with E-state index in [9.17, 15) is 14.7 Å². The highest BCUT2D eigenvalue weighted by atomic mass is 79.9. The Kier molecular flexibility index (Phi) is 6.20. The van der Waals surface area contributed by atoms with Gasteiger partial charge in [-0.1, -0.05) is 41.9 Å². The molecule has 0 bridgehead atoms. The summed E-state index contributed by atoms with van der Waals surface area (Å²) in [5.74, 6) is -1.01. The van der Waals surface area contributed by atoms with Crippen molar-refractivity contribution in [3.05, 3.63) is 34.3 Å². The van der Waals surface area contributed by atoms with Crippen LogP contribution < -0.4 is 5.32 Å². The first-order chi connectivity index (χ1) is 9.43. The predicted octanol–water partition coefficient (Wildman–Crippen LogP) is 3.00. The third kappa shape index (κ3) is 4.34. The van der Waals surface area contributed by atoms with Crippen molar-refractivity contribution in [2.45, 2.75) is 33.1 Å². The number of carboxylic acids is 1. The summed E-state index contributed by atoms with van der Waals surface area (Å²) < 4.78 is 0.962. The van der Waals surface area contributed by atoms with Gasteiger partial charge in [0.2, 0.25) is 5.91 Å². The number of carboxylic acid groups (broad SMARTS) is 1. The smallest absolute Gasteiger partial charge is 0.311 e. The molecule has 0 aliphatic heterocycles. The van der Waals surface area contributed by atoms with Crippen molar-refractivity contribution in [1.82, 2.24) is 5.32 Å². The van der Waals surface area contributed by atoms with Crippen molar-refractivity contribution >= 4 is 27.8 Å². The molecule has 0 unspecified atom stereocenters. The van der Waals surface area contributed by atoms with Crippen LogP contribution in [-0.4, -0.2) is 23.5 Å². The molecule has 0 aliphatic rings. The third-order valence-electron chi connectivity index (χ3n) is 3.71. The second-order valence-electron chi connectivity index (χ2n) is 4.87. The van der Waals surface area contributed by atoms with E-state index in [1.165, 1.54) is 0 Å². The van der Waals surface area contributed by atoms with Gasteiger partial charge in [0.25, 0.3) is 0 Å². The molecule has 0 saturated carbocycles. The Morgan fingerprint density at radius 2 is 1.75 bits per heavy atom. The number of halogens is 1. The Balaban J connectivity index is 2.58.